The van der Waals surface area contributed by atoms with Crippen molar-refractivity contribution >= 4 is 34.0 Å². The molecular weight excluding hydrogens is 606 g/mol. The maximum absolute atomic E-state index is 16.5. The predicted molar refractivity (Wildman–Crippen MR) is 143 cm³/mol. The van der Waals surface area contributed by atoms with Crippen molar-refractivity contribution in [3.05, 3.63) is 28.5 Å². The average molecular weight is 631 g/mol. The van der Waals surface area contributed by atoms with E-state index in [1.807, 2.05) is 4.90 Å². The molecule has 2 bridgehead atoms. The number of piperazine rings is 1. The van der Waals surface area contributed by atoms with E-state index in [1.165, 1.54) is 0 Å². The van der Waals surface area contributed by atoms with E-state index in [1.54, 1.807) is 0 Å². The maximum atomic E-state index is 16.5. The highest BCUT2D eigenvalue weighted by Gasteiger charge is 2.71. The minimum Gasteiger partial charge on any atom is -0.477 e. The van der Waals surface area contributed by atoms with Crippen LogP contribution in [0.5, 0.6) is 11.9 Å². The van der Waals surface area contributed by atoms with Gasteiger partial charge in [0, 0.05) is 48.8 Å². The number of anilines is 2. The summed E-state index contributed by atoms with van der Waals surface area (Å²) in [6.45, 7) is -0.936. The molecule has 4 N–H and O–H groups in total. The lowest BCUT2D eigenvalue weighted by Gasteiger charge is -2.43. The Morgan fingerprint density at radius 1 is 1.19 bits per heavy atom. The van der Waals surface area contributed by atoms with Crippen molar-refractivity contribution in [1.82, 2.24) is 20.3 Å². The number of nitrogens with two attached hydrogens (primary N) is 1. The minimum absolute atomic E-state index is 0.0109. The van der Waals surface area contributed by atoms with E-state index in [0.717, 1.165) is 25.0 Å². The summed E-state index contributed by atoms with van der Waals surface area (Å²) < 4.78 is 98.5. The predicted octanol–water partition coefficient (Wildman–Crippen LogP) is 4.57. The van der Waals surface area contributed by atoms with Crippen LogP contribution in [0.2, 0.25) is 5.02 Å². The van der Waals surface area contributed by atoms with Crippen LogP contribution in [0, 0.1) is 11.2 Å². The van der Waals surface area contributed by atoms with Gasteiger partial charge in [0.25, 0.3) is 5.92 Å². The Morgan fingerprint density at radius 2 is 1.95 bits per heavy atom. The molecule has 2 aromatic heterocycles. The smallest absolute Gasteiger partial charge is 0.418 e. The van der Waals surface area contributed by atoms with Crippen molar-refractivity contribution in [1.29, 1.82) is 0 Å². The van der Waals surface area contributed by atoms with Gasteiger partial charge in [-0.05, 0) is 25.0 Å². The van der Waals surface area contributed by atoms with Crippen molar-refractivity contribution in [3.63, 3.8) is 0 Å². The van der Waals surface area contributed by atoms with Gasteiger partial charge in [0.1, 0.15) is 29.0 Å². The van der Waals surface area contributed by atoms with Gasteiger partial charge in [0.2, 0.25) is 5.88 Å². The molecule has 1 saturated carbocycles. The highest BCUT2D eigenvalue weighted by molar-refractivity contribution is 6.32. The van der Waals surface area contributed by atoms with Crippen LogP contribution in [0.4, 0.5) is 37.8 Å². The molecule has 0 radical (unpaired) electrons. The number of fused-ring (bicyclic) bond motifs is 5. The third-order valence-electron chi connectivity index (χ3n) is 8.84. The summed E-state index contributed by atoms with van der Waals surface area (Å²) in [5.74, 6) is -4.47. The van der Waals surface area contributed by atoms with E-state index in [0.29, 0.717) is 13.0 Å². The first-order valence-electron chi connectivity index (χ1n) is 13.7. The second-order valence-corrected chi connectivity index (χ2v) is 12.0. The molecule has 5 heterocycles. The van der Waals surface area contributed by atoms with Crippen LogP contribution < -0.4 is 25.4 Å². The van der Waals surface area contributed by atoms with Gasteiger partial charge in [0.05, 0.1) is 29.2 Å². The molecule has 2 saturated heterocycles. The number of pyridine rings is 1. The number of alkyl halides is 5. The van der Waals surface area contributed by atoms with Crippen LogP contribution in [0.1, 0.15) is 31.2 Å². The SMILES string of the molecule is Nc1cc(Cl)c(C(F)(F)F)c(-c2nc3c4c(nc(OCC5(CO)CC5(F)F)nc4c2F)N2C[C@H]4CC[C@H](N4)[C@H]2CCO3)c1. The van der Waals surface area contributed by atoms with E-state index in [9.17, 15) is 27.1 Å². The number of aliphatic hydroxyl groups excluding tert-OH is 1. The topological polar surface area (TPSA) is 119 Å². The fourth-order valence-corrected chi connectivity index (χ4v) is 6.82. The Labute approximate surface area is 245 Å². The lowest BCUT2D eigenvalue weighted by Crippen LogP contribution is -2.59. The molecule has 16 heteroatoms. The van der Waals surface area contributed by atoms with Gasteiger partial charge in [-0.3, -0.25) is 0 Å². The lowest BCUT2D eigenvalue weighted by molar-refractivity contribution is -0.137. The quantitative estimate of drug-likeness (QED) is 0.275. The van der Waals surface area contributed by atoms with Gasteiger partial charge >= 0.3 is 12.2 Å². The summed E-state index contributed by atoms with van der Waals surface area (Å²) in [6, 6.07) is 1.36. The zero-order valence-electron chi connectivity index (χ0n) is 22.3. The van der Waals surface area contributed by atoms with E-state index >= 15 is 4.39 Å². The molecule has 0 amide bonds. The number of hydrogen-bond donors (Lipinski definition) is 3. The molecular formula is C27H25ClF6N6O3. The number of nitrogens with zero attached hydrogens (tertiary/aromatic N) is 4. The van der Waals surface area contributed by atoms with E-state index in [4.69, 9.17) is 26.8 Å². The number of nitrogen functional groups attached to an aromatic ring is 1. The fraction of sp³-hybridized carbons (Fsp3) is 0.519. The summed E-state index contributed by atoms with van der Waals surface area (Å²) in [5, 5.41) is 12.4. The van der Waals surface area contributed by atoms with Gasteiger partial charge < -0.3 is 30.5 Å². The monoisotopic (exact) mass is 630 g/mol. The molecule has 1 unspecified atom stereocenters. The van der Waals surface area contributed by atoms with Gasteiger partial charge in [-0.25, -0.2) is 18.2 Å². The molecule has 3 aromatic rings. The molecule has 1 aliphatic carbocycles. The van der Waals surface area contributed by atoms with Crippen molar-refractivity contribution < 1.29 is 40.9 Å². The zero-order chi connectivity index (χ0) is 30.5. The zero-order valence-corrected chi connectivity index (χ0v) is 23.1. The van der Waals surface area contributed by atoms with Crippen LogP contribution in [0.15, 0.2) is 12.1 Å². The Hall–Kier alpha value is -3.30. The Morgan fingerprint density at radius 3 is 2.65 bits per heavy atom. The Balaban J connectivity index is 1.45. The Bertz CT molecular complexity index is 1640. The first-order valence-corrected chi connectivity index (χ1v) is 14.0. The highest BCUT2D eigenvalue weighted by Crippen LogP contribution is 2.60. The van der Waals surface area contributed by atoms with Crippen molar-refractivity contribution in [2.75, 3.05) is 37.0 Å². The van der Waals surface area contributed by atoms with Crippen LogP contribution in [0.3, 0.4) is 0 Å². The number of halogens is 7. The number of aromatic nitrogens is 3. The normalized spacial score (nSPS) is 27.3. The third-order valence-corrected chi connectivity index (χ3v) is 9.14. The number of rotatable bonds is 5. The number of benzene rings is 1. The fourth-order valence-electron chi connectivity index (χ4n) is 6.48. The van der Waals surface area contributed by atoms with E-state index in [-0.39, 0.29) is 47.5 Å². The first-order chi connectivity index (χ1) is 20.3. The van der Waals surface area contributed by atoms with Gasteiger partial charge in [0.15, 0.2) is 5.82 Å². The second-order valence-electron chi connectivity index (χ2n) is 11.6. The van der Waals surface area contributed by atoms with Crippen molar-refractivity contribution in [3.8, 4) is 23.1 Å². The molecule has 43 heavy (non-hydrogen) atoms. The maximum Gasteiger partial charge on any atom is 0.418 e. The van der Waals surface area contributed by atoms with Crippen LogP contribution in [0.25, 0.3) is 22.2 Å². The minimum atomic E-state index is -5.00. The molecule has 7 rings (SSSR count). The largest absolute Gasteiger partial charge is 0.477 e. The summed E-state index contributed by atoms with van der Waals surface area (Å²) in [4.78, 5) is 14.8. The van der Waals surface area contributed by atoms with Gasteiger partial charge in [-0.2, -0.15) is 23.1 Å². The summed E-state index contributed by atoms with van der Waals surface area (Å²) in [5.41, 5.74) is 0.480. The first kappa shape index (κ1) is 28.5. The van der Waals surface area contributed by atoms with Crippen LogP contribution in [-0.2, 0) is 6.18 Å². The van der Waals surface area contributed by atoms with Crippen LogP contribution >= 0.6 is 11.6 Å². The molecule has 4 atom stereocenters. The van der Waals surface area contributed by atoms with E-state index in [2.05, 4.69) is 20.3 Å². The number of aliphatic hydroxyl groups is 1. The molecule has 3 aliphatic heterocycles. The van der Waals surface area contributed by atoms with Gasteiger partial charge in [-0.15, -0.1) is 0 Å². The molecule has 0 spiro atoms. The second kappa shape index (κ2) is 9.60. The molecule has 3 fully saturated rings. The molecule has 4 aliphatic rings. The Kier molecular flexibility index (Phi) is 6.35. The summed E-state index contributed by atoms with van der Waals surface area (Å²) in [6.07, 6.45) is -3.36. The van der Waals surface area contributed by atoms with Crippen LogP contribution in [-0.4, -0.2) is 70.5 Å². The van der Waals surface area contributed by atoms with Crippen molar-refractivity contribution in [2.45, 2.75) is 55.9 Å². The molecule has 230 valence electrons. The third kappa shape index (κ3) is 4.49. The van der Waals surface area contributed by atoms with Gasteiger partial charge in [-0.1, -0.05) is 11.6 Å². The van der Waals surface area contributed by atoms with Crippen molar-refractivity contribution in [2.24, 2.45) is 5.41 Å². The standard InChI is InChI=1S/C27H25ClF6N6O3/c28-14-6-11(35)5-13(18(14)27(32,33)34)20-19(29)21-17-22(39-24(38-21)43-10-25(9-41)8-26(25,30)31)40-7-12-1-2-15(36-12)16(40)3-4-42-23(17)37-20/h5-6,12,15-16,36,41H,1-4,7-10,35H2/t12-,15+,16-,25?/m1/s1. The average Bonchev–Trinajstić information content (AvgIpc) is 3.27. The van der Waals surface area contributed by atoms with E-state index < -0.39 is 76.3 Å². The number of nitrogens with one attached hydrogen (secondary N) is 1. The summed E-state index contributed by atoms with van der Waals surface area (Å²) >= 11 is 5.94. The number of hydrogen-bond acceptors (Lipinski definition) is 9. The number of ether oxygens (including phenoxy) is 2. The molecule has 9 nitrogen and oxygen atoms in total. The lowest BCUT2D eigenvalue weighted by atomic mass is 9.99. The molecule has 1 aromatic carbocycles. The summed E-state index contributed by atoms with van der Waals surface area (Å²) in [7, 11) is 0. The highest BCUT2D eigenvalue weighted by atomic mass is 35.5.